The Labute approximate surface area is 101 Å². The zero-order chi connectivity index (χ0) is 10.8. The molecule has 0 N–H and O–H groups in total. The third-order valence-corrected chi connectivity index (χ3v) is 5.42. The molecule has 74 valence electrons. The molecule has 1 aromatic rings. The first-order valence-electron chi connectivity index (χ1n) is 3.49. The fourth-order valence-electron chi connectivity index (χ4n) is 0.870. The molecule has 0 aliphatic rings. The number of rotatable bonds is 2. The second-order valence-electron chi connectivity index (χ2n) is 2.51. The zero-order valence-electron chi connectivity index (χ0n) is 6.87. The van der Waals surface area contributed by atoms with Gasteiger partial charge in [0.05, 0.1) is 16.5 Å². The SMILES string of the molecule is N#Cc1cc(Cl)cc(S(=O)(=O)CI)c1. The van der Waals surface area contributed by atoms with Crippen LogP contribution in [0, 0.1) is 11.3 Å². The summed E-state index contributed by atoms with van der Waals surface area (Å²) in [4.78, 5) is 0.0935. The smallest absolute Gasteiger partial charge is 0.187 e. The molecule has 0 bridgehead atoms. The average Bonchev–Trinajstić information content (AvgIpc) is 2.16. The lowest BCUT2D eigenvalue weighted by Gasteiger charge is -2.01. The lowest BCUT2D eigenvalue weighted by Crippen LogP contribution is -2.01. The molecular formula is C8H5ClINO2S. The molecule has 0 unspecified atom stereocenters. The van der Waals surface area contributed by atoms with E-state index in [2.05, 4.69) is 0 Å². The van der Waals surface area contributed by atoms with Crippen molar-refractivity contribution < 1.29 is 8.42 Å². The quantitative estimate of drug-likeness (QED) is 0.613. The number of hydrogen-bond acceptors (Lipinski definition) is 3. The molecule has 0 heterocycles. The Morgan fingerprint density at radius 2 is 2.07 bits per heavy atom. The van der Waals surface area contributed by atoms with Gasteiger partial charge in [-0.15, -0.1) is 0 Å². The predicted octanol–water partition coefficient (Wildman–Crippen LogP) is 2.38. The Morgan fingerprint density at radius 3 is 2.57 bits per heavy atom. The minimum absolute atomic E-state index is 0.0318. The lowest BCUT2D eigenvalue weighted by atomic mass is 10.2. The van der Waals surface area contributed by atoms with Crippen LogP contribution in [-0.4, -0.2) is 12.2 Å². The van der Waals surface area contributed by atoms with Crippen molar-refractivity contribution in [2.45, 2.75) is 4.90 Å². The molecule has 1 rings (SSSR count). The molecule has 3 nitrogen and oxygen atoms in total. The number of benzene rings is 1. The zero-order valence-corrected chi connectivity index (χ0v) is 10.6. The summed E-state index contributed by atoms with van der Waals surface area (Å²) in [7, 11) is -3.30. The summed E-state index contributed by atoms with van der Waals surface area (Å²) < 4.78 is 22.9. The van der Waals surface area contributed by atoms with E-state index < -0.39 is 9.84 Å². The van der Waals surface area contributed by atoms with Gasteiger partial charge in [-0.05, 0) is 18.2 Å². The third kappa shape index (κ3) is 2.59. The fraction of sp³-hybridized carbons (Fsp3) is 0.125. The molecule has 0 radical (unpaired) electrons. The Morgan fingerprint density at radius 1 is 1.43 bits per heavy atom. The van der Waals surface area contributed by atoms with E-state index >= 15 is 0 Å². The summed E-state index contributed by atoms with van der Waals surface area (Å²) in [5.41, 5.74) is 0.251. The van der Waals surface area contributed by atoms with Crippen LogP contribution in [0.5, 0.6) is 0 Å². The third-order valence-electron chi connectivity index (χ3n) is 1.50. The summed E-state index contributed by atoms with van der Waals surface area (Å²) in [6.45, 7) is 0. The molecule has 14 heavy (non-hydrogen) atoms. The van der Waals surface area contributed by atoms with Crippen molar-refractivity contribution in [1.29, 1.82) is 5.26 Å². The van der Waals surface area contributed by atoms with Gasteiger partial charge in [0.1, 0.15) is 3.76 Å². The van der Waals surface area contributed by atoms with Crippen molar-refractivity contribution in [2.75, 3.05) is 3.76 Å². The molecule has 0 aliphatic heterocycles. The van der Waals surface area contributed by atoms with Crippen molar-refractivity contribution in [1.82, 2.24) is 0 Å². The topological polar surface area (TPSA) is 57.9 Å². The molecule has 0 spiro atoms. The summed E-state index contributed by atoms with van der Waals surface area (Å²) in [6, 6.07) is 5.94. The maximum Gasteiger partial charge on any atom is 0.187 e. The average molecular weight is 342 g/mol. The van der Waals surface area contributed by atoms with E-state index in [-0.39, 0.29) is 19.2 Å². The number of nitrogens with zero attached hydrogens (tertiary/aromatic N) is 1. The van der Waals surface area contributed by atoms with Crippen LogP contribution in [0.15, 0.2) is 23.1 Å². The molecular weight excluding hydrogens is 337 g/mol. The number of alkyl halides is 1. The first-order chi connectivity index (χ1) is 6.49. The number of halogens is 2. The van der Waals surface area contributed by atoms with Crippen molar-refractivity contribution in [3.8, 4) is 6.07 Å². The van der Waals surface area contributed by atoms with Crippen LogP contribution < -0.4 is 0 Å². The highest BCUT2D eigenvalue weighted by atomic mass is 127. The van der Waals surface area contributed by atoms with Crippen molar-refractivity contribution in [3.05, 3.63) is 28.8 Å². The Bertz CT molecular complexity index is 493. The lowest BCUT2D eigenvalue weighted by molar-refractivity contribution is 0.601. The minimum Gasteiger partial charge on any atom is -0.223 e. The molecule has 0 saturated carbocycles. The van der Waals surface area contributed by atoms with E-state index in [1.54, 1.807) is 22.6 Å². The monoisotopic (exact) mass is 341 g/mol. The van der Waals surface area contributed by atoms with Crippen molar-refractivity contribution in [2.24, 2.45) is 0 Å². The molecule has 0 amide bonds. The highest BCUT2D eigenvalue weighted by molar-refractivity contribution is 14.1. The highest BCUT2D eigenvalue weighted by Crippen LogP contribution is 2.20. The minimum atomic E-state index is -3.30. The summed E-state index contributed by atoms with van der Waals surface area (Å²) in [5, 5.41) is 8.88. The van der Waals surface area contributed by atoms with E-state index in [4.69, 9.17) is 16.9 Å². The van der Waals surface area contributed by atoms with Gasteiger partial charge in [-0.3, -0.25) is 0 Å². The first-order valence-corrected chi connectivity index (χ1v) is 7.04. The van der Waals surface area contributed by atoms with Gasteiger partial charge in [0.25, 0.3) is 0 Å². The maximum atomic E-state index is 11.4. The van der Waals surface area contributed by atoms with Crippen LogP contribution in [0.2, 0.25) is 5.02 Å². The standard InChI is InChI=1S/C8H5ClINO2S/c9-7-1-6(4-11)2-8(3-7)14(12,13)5-10/h1-3H,5H2. The van der Waals surface area contributed by atoms with Crippen LogP contribution in [-0.2, 0) is 9.84 Å². The molecule has 0 fully saturated rings. The second-order valence-corrected chi connectivity index (χ2v) is 6.74. The van der Waals surface area contributed by atoms with Crippen molar-refractivity contribution in [3.63, 3.8) is 0 Å². The van der Waals surface area contributed by atoms with Gasteiger partial charge >= 0.3 is 0 Å². The van der Waals surface area contributed by atoms with Gasteiger partial charge < -0.3 is 0 Å². The molecule has 0 saturated heterocycles. The van der Waals surface area contributed by atoms with E-state index in [0.717, 1.165) is 0 Å². The molecule has 0 aliphatic carbocycles. The van der Waals surface area contributed by atoms with E-state index in [0.29, 0.717) is 0 Å². The maximum absolute atomic E-state index is 11.4. The Hall–Kier alpha value is -0.320. The predicted molar refractivity (Wildman–Crippen MR) is 62.2 cm³/mol. The van der Waals surface area contributed by atoms with Gasteiger partial charge in [-0.25, -0.2) is 8.42 Å². The summed E-state index contributed by atoms with van der Waals surface area (Å²) >= 11 is 7.43. The molecule has 1 aromatic carbocycles. The molecule has 0 aromatic heterocycles. The van der Waals surface area contributed by atoms with Gasteiger partial charge in [0.2, 0.25) is 0 Å². The van der Waals surface area contributed by atoms with Gasteiger partial charge in [0, 0.05) is 5.02 Å². The van der Waals surface area contributed by atoms with Gasteiger partial charge in [-0.2, -0.15) is 5.26 Å². The van der Waals surface area contributed by atoms with E-state index in [1.807, 2.05) is 6.07 Å². The van der Waals surface area contributed by atoms with Crippen LogP contribution in [0.1, 0.15) is 5.56 Å². The number of sulfone groups is 1. The second kappa shape index (κ2) is 4.47. The molecule has 0 atom stereocenters. The largest absolute Gasteiger partial charge is 0.223 e. The Balaban J connectivity index is 3.39. The van der Waals surface area contributed by atoms with Gasteiger partial charge in [-0.1, -0.05) is 34.2 Å². The van der Waals surface area contributed by atoms with Crippen LogP contribution in [0.4, 0.5) is 0 Å². The van der Waals surface area contributed by atoms with E-state index in [1.165, 1.54) is 18.2 Å². The number of hydrogen-bond donors (Lipinski definition) is 0. The Kier molecular flexibility index (Phi) is 3.75. The van der Waals surface area contributed by atoms with Crippen molar-refractivity contribution >= 4 is 44.0 Å². The summed E-state index contributed by atoms with van der Waals surface area (Å²) in [6.07, 6.45) is 0. The van der Waals surface area contributed by atoms with Gasteiger partial charge in [0.15, 0.2) is 9.84 Å². The first kappa shape index (κ1) is 11.8. The van der Waals surface area contributed by atoms with Crippen LogP contribution in [0.3, 0.4) is 0 Å². The number of nitriles is 1. The highest BCUT2D eigenvalue weighted by Gasteiger charge is 2.13. The normalized spacial score (nSPS) is 10.9. The van der Waals surface area contributed by atoms with Crippen LogP contribution >= 0.6 is 34.2 Å². The fourth-order valence-corrected chi connectivity index (χ4v) is 2.99. The van der Waals surface area contributed by atoms with Crippen LogP contribution in [0.25, 0.3) is 0 Å². The summed E-state index contributed by atoms with van der Waals surface area (Å²) in [5.74, 6) is 0. The van der Waals surface area contributed by atoms with E-state index in [9.17, 15) is 8.42 Å². The molecule has 6 heteroatoms.